The van der Waals surface area contributed by atoms with Gasteiger partial charge in [0.1, 0.15) is 11.7 Å². The highest BCUT2D eigenvalue weighted by Gasteiger charge is 2.77. The van der Waals surface area contributed by atoms with Crippen LogP contribution in [0.15, 0.2) is 0 Å². The lowest BCUT2D eigenvalue weighted by Crippen LogP contribution is -2.63. The second-order valence-electron chi connectivity index (χ2n) is 14.9. The summed E-state index contributed by atoms with van der Waals surface area (Å²) in [6.45, 7) is 14.6. The zero-order valence-electron chi connectivity index (χ0n) is 23.4. The highest BCUT2D eigenvalue weighted by Crippen LogP contribution is 2.73. The maximum Gasteiger partial charge on any atom is 0.302 e. The van der Waals surface area contributed by atoms with Gasteiger partial charge in [-0.25, -0.2) is 0 Å². The first-order chi connectivity index (χ1) is 16.6. The average Bonchev–Trinajstić information content (AvgIpc) is 3.25. The van der Waals surface area contributed by atoms with E-state index in [1.807, 2.05) is 6.92 Å². The van der Waals surface area contributed by atoms with Crippen molar-refractivity contribution < 1.29 is 29.2 Å². The largest absolute Gasteiger partial charge is 0.462 e. The van der Waals surface area contributed by atoms with E-state index in [1.54, 1.807) is 0 Å². The van der Waals surface area contributed by atoms with E-state index in [-0.39, 0.29) is 52.5 Å². The van der Waals surface area contributed by atoms with E-state index in [2.05, 4.69) is 34.6 Å². The first-order valence-electron chi connectivity index (χ1n) is 14.6. The highest BCUT2D eigenvalue weighted by molar-refractivity contribution is 5.66. The number of fused-ring (bicyclic) bond motifs is 7. The fourth-order valence-electron chi connectivity index (χ4n) is 11.0. The van der Waals surface area contributed by atoms with Crippen molar-refractivity contribution in [3.63, 3.8) is 0 Å². The number of ether oxygens (including phenoxy) is 3. The molecule has 4 saturated carbocycles. The molecule has 2 heterocycles. The van der Waals surface area contributed by atoms with Crippen molar-refractivity contribution in [1.29, 1.82) is 0 Å². The van der Waals surface area contributed by atoms with Crippen LogP contribution in [0.25, 0.3) is 0 Å². The quantitative estimate of drug-likeness (QED) is 0.497. The molecule has 2 N–H and O–H groups in total. The molecule has 2 aliphatic heterocycles. The third kappa shape index (κ3) is 3.20. The van der Waals surface area contributed by atoms with Crippen LogP contribution in [0.5, 0.6) is 0 Å². The number of esters is 1. The number of hydrogen-bond acceptors (Lipinski definition) is 6. The minimum absolute atomic E-state index is 0.0495. The minimum Gasteiger partial charge on any atom is -0.462 e. The third-order valence-electron chi connectivity index (χ3n) is 12.8. The molecular formula is C30H48O6. The molecule has 0 unspecified atom stereocenters. The van der Waals surface area contributed by atoms with Gasteiger partial charge in [0.05, 0.1) is 17.8 Å². The van der Waals surface area contributed by atoms with Crippen molar-refractivity contribution in [2.75, 3.05) is 0 Å². The van der Waals surface area contributed by atoms with Gasteiger partial charge in [-0.15, -0.1) is 0 Å². The molecule has 0 aromatic carbocycles. The molecule has 1 spiro atoms. The van der Waals surface area contributed by atoms with Crippen molar-refractivity contribution in [3.05, 3.63) is 0 Å². The predicted octanol–water partition coefficient (Wildman–Crippen LogP) is 4.84. The number of rotatable bonds is 1. The number of hydrogen-bond donors (Lipinski definition) is 2. The van der Waals surface area contributed by atoms with Crippen LogP contribution < -0.4 is 0 Å². The van der Waals surface area contributed by atoms with Crippen LogP contribution in [0.4, 0.5) is 0 Å². The van der Waals surface area contributed by atoms with Gasteiger partial charge in [-0.05, 0) is 100 Å². The number of carbonyl (C=O) groups is 1. The summed E-state index contributed by atoms with van der Waals surface area (Å²) in [6, 6.07) is 0. The summed E-state index contributed by atoms with van der Waals surface area (Å²) in [4.78, 5) is 12.4. The Labute approximate surface area is 216 Å². The summed E-state index contributed by atoms with van der Waals surface area (Å²) in [7, 11) is 0. The molecule has 0 aromatic heterocycles. The Kier molecular flexibility index (Phi) is 5.47. The summed E-state index contributed by atoms with van der Waals surface area (Å²) in [5.41, 5.74) is -1.60. The van der Waals surface area contributed by atoms with Crippen LogP contribution in [0.3, 0.4) is 0 Å². The van der Waals surface area contributed by atoms with Crippen molar-refractivity contribution in [2.24, 2.45) is 46.3 Å². The molecule has 4 aliphatic carbocycles. The van der Waals surface area contributed by atoms with Crippen LogP contribution in [0.1, 0.15) is 99.8 Å². The Morgan fingerprint density at radius 1 is 1.00 bits per heavy atom. The molecule has 13 atom stereocenters. The van der Waals surface area contributed by atoms with Crippen LogP contribution in [0, 0.1) is 46.3 Å². The highest BCUT2D eigenvalue weighted by atomic mass is 16.7. The Morgan fingerprint density at radius 3 is 2.36 bits per heavy atom. The van der Waals surface area contributed by atoms with Crippen molar-refractivity contribution in [3.8, 4) is 0 Å². The van der Waals surface area contributed by atoms with E-state index in [0.717, 1.165) is 44.9 Å². The zero-order valence-corrected chi connectivity index (χ0v) is 23.4. The summed E-state index contributed by atoms with van der Waals surface area (Å²) in [6.07, 6.45) is 6.90. The maximum absolute atomic E-state index is 12.4. The normalized spacial score (nSPS) is 59.2. The van der Waals surface area contributed by atoms with Gasteiger partial charge >= 0.3 is 5.97 Å². The number of aliphatic hydroxyl groups excluding tert-OH is 1. The topological polar surface area (TPSA) is 85.2 Å². The lowest BCUT2D eigenvalue weighted by molar-refractivity contribution is -0.300. The van der Waals surface area contributed by atoms with E-state index in [9.17, 15) is 15.0 Å². The van der Waals surface area contributed by atoms with E-state index in [4.69, 9.17) is 14.2 Å². The summed E-state index contributed by atoms with van der Waals surface area (Å²) in [5, 5.41) is 22.8. The summed E-state index contributed by atoms with van der Waals surface area (Å²) in [5.74, 6) is 0.666. The third-order valence-corrected chi connectivity index (χ3v) is 12.8. The fourth-order valence-corrected chi connectivity index (χ4v) is 11.0. The molecule has 0 amide bonds. The van der Waals surface area contributed by atoms with Gasteiger partial charge in [0.2, 0.25) is 0 Å². The van der Waals surface area contributed by atoms with Crippen molar-refractivity contribution >= 4 is 5.97 Å². The van der Waals surface area contributed by atoms with Gasteiger partial charge < -0.3 is 24.4 Å². The van der Waals surface area contributed by atoms with E-state index < -0.39 is 11.4 Å². The first-order valence-corrected chi connectivity index (χ1v) is 14.6. The number of carbonyl (C=O) groups excluding carboxylic acids is 1. The molecule has 0 radical (unpaired) electrons. The smallest absolute Gasteiger partial charge is 0.302 e. The molecule has 6 fully saturated rings. The molecule has 0 bridgehead atoms. The Bertz CT molecular complexity index is 930. The fraction of sp³-hybridized carbons (Fsp3) is 0.967. The van der Waals surface area contributed by atoms with Crippen LogP contribution in [-0.2, 0) is 19.0 Å². The van der Waals surface area contributed by atoms with E-state index in [1.165, 1.54) is 6.92 Å². The van der Waals surface area contributed by atoms with Crippen molar-refractivity contribution in [1.82, 2.24) is 0 Å². The minimum atomic E-state index is -1.12. The molecule has 6 aliphatic rings. The van der Waals surface area contributed by atoms with Gasteiger partial charge in [-0.1, -0.05) is 20.8 Å². The summed E-state index contributed by atoms with van der Waals surface area (Å²) >= 11 is 0. The zero-order chi connectivity index (χ0) is 26.1. The van der Waals surface area contributed by atoms with Crippen molar-refractivity contribution in [2.45, 2.75) is 135 Å². The predicted molar refractivity (Wildman–Crippen MR) is 135 cm³/mol. The molecule has 6 heteroatoms. The SMILES string of the molecule is CC(=O)O[C@H]1C[C@@]2(C)[C@@H](C[C@@H]3O[C@]4(C[C@H](C)C(C)(C)O4)[C@](C)(O)[C@@H]32)[C@@H]2CC[C@H]3C[C@H](O)CC[C@]3(C)[C@H]21. The second kappa shape index (κ2) is 7.70. The second-order valence-corrected chi connectivity index (χ2v) is 14.9. The van der Waals surface area contributed by atoms with Gasteiger partial charge in [0, 0.05) is 25.2 Å². The van der Waals surface area contributed by atoms with Crippen LogP contribution in [-0.4, -0.2) is 51.5 Å². The maximum atomic E-state index is 12.4. The monoisotopic (exact) mass is 504 g/mol. The number of aliphatic hydroxyl groups is 2. The first kappa shape index (κ1) is 25.6. The van der Waals surface area contributed by atoms with Crippen LogP contribution >= 0.6 is 0 Å². The van der Waals surface area contributed by atoms with Gasteiger partial charge in [0.25, 0.3) is 0 Å². The molecule has 36 heavy (non-hydrogen) atoms. The molecule has 2 saturated heterocycles. The van der Waals surface area contributed by atoms with Crippen LogP contribution in [0.2, 0.25) is 0 Å². The summed E-state index contributed by atoms with van der Waals surface area (Å²) < 4.78 is 19.6. The van der Waals surface area contributed by atoms with Gasteiger partial charge in [-0.3, -0.25) is 4.79 Å². The van der Waals surface area contributed by atoms with E-state index >= 15 is 0 Å². The molecule has 6 rings (SSSR count). The van der Waals surface area contributed by atoms with Gasteiger partial charge in [-0.2, -0.15) is 0 Å². The Hall–Kier alpha value is -0.690. The lowest BCUT2D eigenvalue weighted by Gasteiger charge is -2.63. The Balaban J connectivity index is 1.38. The van der Waals surface area contributed by atoms with Gasteiger partial charge in [0.15, 0.2) is 5.79 Å². The Morgan fingerprint density at radius 2 is 1.72 bits per heavy atom. The lowest BCUT2D eigenvalue weighted by atomic mass is 9.43. The molecule has 204 valence electrons. The standard InChI is InChI=1S/C30H48O6/c1-16-14-30(36-26(16,3)4)29(7,33)25-22(35-30)13-21-20-9-8-18-12-19(32)10-11-27(18,5)24(20)23(34-17(2)31)15-28(21,25)6/h16,18-25,32-33H,8-15H2,1-7H3/t16-,18-,19+,20-,21-,22-,23-,24+,25-,27-,28-,29+,30-/m0/s1. The van der Waals surface area contributed by atoms with E-state index in [0.29, 0.717) is 30.1 Å². The molecule has 0 aromatic rings. The average molecular weight is 505 g/mol. The molecular weight excluding hydrogens is 456 g/mol. The molecule has 6 nitrogen and oxygen atoms in total.